The highest BCUT2D eigenvalue weighted by Crippen LogP contribution is 2.38. The number of amides is 9. The second kappa shape index (κ2) is 34.0. The number of allylic oxidation sites excluding steroid dienone is 2. The second-order valence-corrected chi connectivity index (χ2v) is 24.1. The number of unbranched alkanes of at least 4 members (excludes halogenated alkanes) is 2. The maximum Gasteiger partial charge on any atom is 0.410 e. The number of urea groups is 1. The molecule has 0 aliphatic carbocycles. The van der Waals surface area contributed by atoms with Crippen LogP contribution in [0.2, 0.25) is 0 Å². The molecule has 0 spiro atoms. The van der Waals surface area contributed by atoms with Crippen LogP contribution in [0.25, 0.3) is 0 Å². The van der Waals surface area contributed by atoms with Crippen LogP contribution in [0, 0.1) is 17.8 Å². The SMILES string of the molecule is CCC(O)C(C)[C@H]1O[C@@H]1CC(C)(O)/C=C/C=C(\C)[C@H]1OC(=O)C[C@H](O)CC[C@@](C)(OC)[C@@H](OC(=O)N2CCN(C(=O)OCc3ccc(NC(=O)C(CCCNC(N)=O)NC(=O)C(NC(=O)CCCCCN4C(=O)C=CC4=O)C(C)C)cc3)CC2)/C=C/[C@@H]1C. The lowest BCUT2D eigenvalue weighted by Gasteiger charge is -2.38. The predicted molar refractivity (Wildman–Crippen MR) is 324 cm³/mol. The van der Waals surface area contributed by atoms with Crippen molar-refractivity contribution in [3.8, 4) is 0 Å². The number of nitrogens with one attached hydrogen (secondary N) is 4. The van der Waals surface area contributed by atoms with E-state index in [2.05, 4.69) is 21.3 Å². The first kappa shape index (κ1) is 71.6. The average molecular weight is 1240 g/mol. The second-order valence-electron chi connectivity index (χ2n) is 24.1. The summed E-state index contributed by atoms with van der Waals surface area (Å²) < 4.78 is 29.5. The molecule has 0 radical (unpaired) electrons. The Balaban J connectivity index is 1.12. The summed E-state index contributed by atoms with van der Waals surface area (Å²) in [7, 11) is 1.48. The minimum Gasteiger partial charge on any atom is -0.457 e. The van der Waals surface area contributed by atoms with Crippen LogP contribution in [0.15, 0.2) is 72.4 Å². The standard InChI is InChI=1S/C63H94N8O17/c1-10-47(73)42(6)56-48(86-56)37-62(7,83)28-14-16-40(4)55-41(5)19-24-49(63(8,84-9)29-27-45(72)36-53(77)88-55)87-61(82)70-34-32-69(33-35-70)60(81)85-38-43-20-22-44(23-21-43)66-57(78)46(17-15-30-65-59(64)80)67-58(79)54(39(2)3)68-50(74)18-12-11-13-31-71-51(75)25-26-52(71)76/h14,16,19-26,28,39,41-42,45-49,54-56,72-73,83H,10-13,15,17-18,27,29-38H2,1-9H3,(H,66,78)(H,67,79)(H,68,74)(H3,64,65,80)/b24-19+,28-14+,40-16+/t41-,42?,45+,46?,47?,48+,49-,54?,55+,56+,62?,63+/m0/s1. The van der Waals surface area contributed by atoms with Crippen LogP contribution in [0.4, 0.5) is 20.1 Å². The molecule has 9 N–H and O–H groups in total. The number of carbonyl (C=O) groups is 9. The highest BCUT2D eigenvalue weighted by atomic mass is 16.6. The van der Waals surface area contributed by atoms with Gasteiger partial charge in [-0.3, -0.25) is 33.7 Å². The fraction of sp³-hybridized carbons (Fsp3) is 0.635. The fourth-order valence-electron chi connectivity index (χ4n) is 10.6. The Labute approximate surface area is 516 Å². The number of benzene rings is 1. The fourth-order valence-corrected chi connectivity index (χ4v) is 10.6. The van der Waals surface area contributed by atoms with Crippen LogP contribution in [0.5, 0.6) is 0 Å². The Hall–Kier alpha value is -7.19. The van der Waals surface area contributed by atoms with Crippen molar-refractivity contribution in [2.75, 3.05) is 51.7 Å². The van der Waals surface area contributed by atoms with Gasteiger partial charge in [-0.05, 0) is 101 Å². The Morgan fingerprint density at radius 3 is 2.20 bits per heavy atom. The average Bonchev–Trinajstić information content (AvgIpc) is 1.84. The normalized spacial score (nSPS) is 25.1. The number of imide groups is 1. The molecule has 1 aromatic carbocycles. The molecule has 0 saturated carbocycles. The number of methoxy groups -OCH3 is 1. The quantitative estimate of drug-likeness (QED) is 0.0106. The molecule has 0 bridgehead atoms. The lowest BCUT2D eigenvalue weighted by Crippen LogP contribution is -2.54. The Morgan fingerprint density at radius 1 is 0.920 bits per heavy atom. The van der Waals surface area contributed by atoms with Gasteiger partial charge in [0.2, 0.25) is 17.7 Å². The molecule has 2 fully saturated rings. The Bertz CT molecular complexity index is 2670. The molecule has 25 heteroatoms. The molecule has 9 amide bonds. The number of nitrogens with zero attached hydrogens (tertiary/aromatic N) is 3. The number of carbonyl (C=O) groups excluding carboxylic acids is 9. The summed E-state index contributed by atoms with van der Waals surface area (Å²) in [6, 6.07) is 3.69. The zero-order valence-corrected chi connectivity index (χ0v) is 52.4. The minimum atomic E-state index is -1.23. The molecule has 488 valence electrons. The van der Waals surface area contributed by atoms with Crippen LogP contribution in [-0.2, 0) is 59.1 Å². The van der Waals surface area contributed by atoms with Gasteiger partial charge in [0.05, 0.1) is 36.4 Å². The van der Waals surface area contributed by atoms with E-state index in [9.17, 15) is 58.5 Å². The Morgan fingerprint density at radius 2 is 1.58 bits per heavy atom. The van der Waals surface area contributed by atoms with E-state index in [1.54, 1.807) is 89.3 Å². The number of anilines is 1. The number of aliphatic hydroxyl groups excluding tert-OH is 2. The van der Waals surface area contributed by atoms with E-state index < -0.39 is 89.6 Å². The van der Waals surface area contributed by atoms with Gasteiger partial charge in [0.1, 0.15) is 30.4 Å². The van der Waals surface area contributed by atoms with E-state index in [4.69, 9.17) is 29.4 Å². The molecular formula is C63H94N8O17. The maximum atomic E-state index is 13.9. The molecule has 5 rings (SSSR count). The summed E-state index contributed by atoms with van der Waals surface area (Å²) in [5.74, 6) is -3.75. The van der Waals surface area contributed by atoms with Crippen molar-refractivity contribution >= 4 is 59.4 Å². The summed E-state index contributed by atoms with van der Waals surface area (Å²) in [6.07, 6.45) is 9.09. The zero-order valence-electron chi connectivity index (χ0n) is 52.4. The van der Waals surface area contributed by atoms with Gasteiger partial charge in [-0.2, -0.15) is 0 Å². The number of hydrogen-bond donors (Lipinski definition) is 8. The topological polar surface area (TPSA) is 348 Å². The number of cyclic esters (lactones) is 1. The summed E-state index contributed by atoms with van der Waals surface area (Å²) in [5, 5.41) is 43.2. The highest BCUT2D eigenvalue weighted by molar-refractivity contribution is 6.12. The molecule has 12 atom stereocenters. The number of piperazine rings is 1. The summed E-state index contributed by atoms with van der Waals surface area (Å²) in [4.78, 5) is 120. The van der Waals surface area contributed by atoms with Crippen molar-refractivity contribution in [3.63, 3.8) is 0 Å². The van der Waals surface area contributed by atoms with Crippen LogP contribution in [-0.4, -0.2) is 190 Å². The van der Waals surface area contributed by atoms with Crippen molar-refractivity contribution in [1.82, 2.24) is 30.7 Å². The molecule has 1 aromatic rings. The van der Waals surface area contributed by atoms with Gasteiger partial charge < -0.3 is 75.8 Å². The lowest BCUT2D eigenvalue weighted by molar-refractivity contribution is -0.151. The highest BCUT2D eigenvalue weighted by Gasteiger charge is 2.47. The van der Waals surface area contributed by atoms with Gasteiger partial charge in [0.25, 0.3) is 11.8 Å². The van der Waals surface area contributed by atoms with E-state index in [0.717, 1.165) is 4.90 Å². The summed E-state index contributed by atoms with van der Waals surface area (Å²) in [5.41, 5.74) is 4.49. The van der Waals surface area contributed by atoms with Gasteiger partial charge in [0, 0.05) is 88.9 Å². The van der Waals surface area contributed by atoms with Crippen LogP contribution in [0.1, 0.15) is 132 Å². The van der Waals surface area contributed by atoms with Gasteiger partial charge in [-0.15, -0.1) is 0 Å². The maximum absolute atomic E-state index is 13.9. The van der Waals surface area contributed by atoms with E-state index in [1.165, 1.54) is 29.1 Å². The molecule has 4 aliphatic heterocycles. The smallest absolute Gasteiger partial charge is 0.410 e. The first-order valence-corrected chi connectivity index (χ1v) is 30.6. The van der Waals surface area contributed by atoms with Gasteiger partial charge in [-0.1, -0.05) is 77.5 Å². The first-order chi connectivity index (χ1) is 41.6. The summed E-state index contributed by atoms with van der Waals surface area (Å²) >= 11 is 0. The van der Waals surface area contributed by atoms with Crippen LogP contribution in [0.3, 0.4) is 0 Å². The molecule has 2 saturated heterocycles. The van der Waals surface area contributed by atoms with Crippen molar-refractivity contribution in [3.05, 3.63) is 77.9 Å². The number of primary amides is 1. The number of nitrogens with two attached hydrogens (primary N) is 1. The van der Waals surface area contributed by atoms with E-state index >= 15 is 0 Å². The number of rotatable bonds is 28. The van der Waals surface area contributed by atoms with E-state index in [0.29, 0.717) is 48.9 Å². The predicted octanol–water partition coefficient (Wildman–Crippen LogP) is 4.82. The van der Waals surface area contributed by atoms with E-state index in [-0.39, 0.29) is 126 Å². The van der Waals surface area contributed by atoms with E-state index in [1.807, 2.05) is 20.8 Å². The molecule has 25 nitrogen and oxygen atoms in total. The van der Waals surface area contributed by atoms with Crippen molar-refractivity contribution in [2.45, 2.75) is 193 Å². The third-order valence-corrected chi connectivity index (χ3v) is 16.5. The molecule has 88 heavy (non-hydrogen) atoms. The third-order valence-electron chi connectivity index (χ3n) is 16.5. The molecule has 4 heterocycles. The number of hydrogen-bond acceptors (Lipinski definition) is 17. The largest absolute Gasteiger partial charge is 0.457 e. The number of aliphatic hydroxyl groups is 3. The van der Waals surface area contributed by atoms with Crippen molar-refractivity contribution in [1.29, 1.82) is 0 Å². The monoisotopic (exact) mass is 1230 g/mol. The van der Waals surface area contributed by atoms with Crippen LogP contribution >= 0.6 is 0 Å². The van der Waals surface area contributed by atoms with Crippen molar-refractivity contribution in [2.24, 2.45) is 23.5 Å². The zero-order chi connectivity index (χ0) is 64.9. The molecule has 5 unspecified atom stereocenters. The minimum absolute atomic E-state index is 0.0613. The first-order valence-electron chi connectivity index (χ1n) is 30.6. The van der Waals surface area contributed by atoms with Gasteiger partial charge in [0.15, 0.2) is 6.10 Å². The number of esters is 1. The lowest BCUT2D eigenvalue weighted by atomic mass is 9.88. The van der Waals surface area contributed by atoms with Crippen molar-refractivity contribution < 1.29 is 82.2 Å². The number of epoxide rings is 1. The Kier molecular flexibility index (Phi) is 27.6. The molecule has 0 aromatic heterocycles. The van der Waals surface area contributed by atoms with Gasteiger partial charge in [-0.25, -0.2) is 14.4 Å². The third kappa shape index (κ3) is 22.4. The molecular weight excluding hydrogens is 1140 g/mol. The van der Waals surface area contributed by atoms with Crippen LogP contribution < -0.4 is 27.0 Å². The van der Waals surface area contributed by atoms with Gasteiger partial charge >= 0.3 is 24.2 Å². The summed E-state index contributed by atoms with van der Waals surface area (Å²) in [6.45, 7) is 15.2. The molecule has 4 aliphatic rings. The number of ether oxygens (including phenoxy) is 5.